The van der Waals surface area contributed by atoms with E-state index in [0.29, 0.717) is 25.7 Å². The molecule has 1 aliphatic heterocycles. The van der Waals surface area contributed by atoms with Crippen LogP contribution in [0.5, 0.6) is 0 Å². The number of alkyl halides is 2. The minimum Gasteiger partial charge on any atom is -0.375 e. The summed E-state index contributed by atoms with van der Waals surface area (Å²) in [6.45, 7) is 0.109. The second kappa shape index (κ2) is 10.7. The van der Waals surface area contributed by atoms with Gasteiger partial charge in [-0.05, 0) is 56.2 Å². The number of rotatable bonds is 6. The lowest BCUT2D eigenvalue weighted by Crippen LogP contribution is -2.48. The molecule has 2 aromatic rings. The minimum absolute atomic E-state index is 0.0438. The molecule has 0 radical (unpaired) electrons. The largest absolute Gasteiger partial charge is 0.375 e. The first-order chi connectivity index (χ1) is 18.6. The van der Waals surface area contributed by atoms with Crippen molar-refractivity contribution in [1.29, 1.82) is 0 Å². The summed E-state index contributed by atoms with van der Waals surface area (Å²) in [6, 6.07) is 4.89. The molecular formula is C28H26ClF4N3O3. The van der Waals surface area contributed by atoms with Crippen LogP contribution in [0, 0.1) is 17.7 Å². The Morgan fingerprint density at radius 1 is 1.23 bits per heavy atom. The van der Waals surface area contributed by atoms with Crippen LogP contribution in [0.2, 0.25) is 5.02 Å². The number of hydrogen-bond donors (Lipinski definition) is 2. The number of fused-ring (bicyclic) bond motifs is 1. The van der Waals surface area contributed by atoms with Crippen molar-refractivity contribution in [1.82, 2.24) is 10.3 Å². The van der Waals surface area contributed by atoms with Gasteiger partial charge in [-0.15, -0.1) is 0 Å². The molecule has 1 aromatic carbocycles. The van der Waals surface area contributed by atoms with Crippen LogP contribution in [0.25, 0.3) is 0 Å². The number of benzene rings is 1. The Kier molecular flexibility index (Phi) is 7.52. The number of para-hydroxylation sites is 1. The van der Waals surface area contributed by atoms with Gasteiger partial charge in [0.1, 0.15) is 17.3 Å². The highest BCUT2D eigenvalue weighted by atomic mass is 35.5. The molecule has 39 heavy (non-hydrogen) atoms. The maximum atomic E-state index is 15.0. The summed E-state index contributed by atoms with van der Waals surface area (Å²) in [4.78, 5) is 31.1. The van der Waals surface area contributed by atoms with Crippen LogP contribution < -0.4 is 10.2 Å². The van der Waals surface area contributed by atoms with E-state index in [2.05, 4.69) is 10.3 Å². The predicted octanol–water partition coefficient (Wildman–Crippen LogP) is 5.76. The summed E-state index contributed by atoms with van der Waals surface area (Å²) >= 11 is 5.85. The van der Waals surface area contributed by atoms with Crippen molar-refractivity contribution in [3.63, 3.8) is 0 Å². The van der Waals surface area contributed by atoms with Crippen molar-refractivity contribution < 1.29 is 32.3 Å². The van der Waals surface area contributed by atoms with Crippen molar-refractivity contribution in [3.05, 3.63) is 82.2 Å². The number of amides is 2. The van der Waals surface area contributed by atoms with Gasteiger partial charge in [0.15, 0.2) is 5.60 Å². The minimum atomic E-state index is -2.94. The molecule has 2 unspecified atom stereocenters. The molecule has 0 bridgehead atoms. The van der Waals surface area contributed by atoms with E-state index in [4.69, 9.17) is 11.6 Å². The number of carbonyl (C=O) groups is 2. The van der Waals surface area contributed by atoms with Gasteiger partial charge >= 0.3 is 0 Å². The van der Waals surface area contributed by atoms with E-state index in [0.717, 1.165) is 12.3 Å². The SMILES string of the molecule is O=C(NC1CCC(CN2C(=O)C(O)(C3CC=CC=C3F)c3cccc(F)c32)CC1)c1cc(Cl)cnc1C(F)F. The highest BCUT2D eigenvalue weighted by molar-refractivity contribution is 6.30. The summed E-state index contributed by atoms with van der Waals surface area (Å²) in [5, 5.41) is 14.4. The molecule has 0 spiro atoms. The van der Waals surface area contributed by atoms with E-state index in [1.165, 1.54) is 35.3 Å². The Labute approximate surface area is 227 Å². The molecule has 206 valence electrons. The highest BCUT2D eigenvalue weighted by Crippen LogP contribution is 2.50. The van der Waals surface area contributed by atoms with Gasteiger partial charge in [0.2, 0.25) is 0 Å². The highest BCUT2D eigenvalue weighted by Gasteiger charge is 2.57. The van der Waals surface area contributed by atoms with Gasteiger partial charge < -0.3 is 15.3 Å². The smallest absolute Gasteiger partial charge is 0.281 e. The van der Waals surface area contributed by atoms with E-state index in [1.807, 2.05) is 0 Å². The fourth-order valence-electron chi connectivity index (χ4n) is 5.82. The predicted molar refractivity (Wildman–Crippen MR) is 137 cm³/mol. The zero-order valence-corrected chi connectivity index (χ0v) is 21.5. The van der Waals surface area contributed by atoms with E-state index < -0.39 is 47.1 Å². The molecule has 2 atom stereocenters. The molecular weight excluding hydrogens is 538 g/mol. The molecule has 1 fully saturated rings. The first-order valence-electron chi connectivity index (χ1n) is 12.7. The number of pyridine rings is 1. The Morgan fingerprint density at radius 2 is 1.97 bits per heavy atom. The van der Waals surface area contributed by atoms with Gasteiger partial charge in [-0.3, -0.25) is 14.6 Å². The van der Waals surface area contributed by atoms with Gasteiger partial charge in [-0.2, -0.15) is 0 Å². The Morgan fingerprint density at radius 3 is 2.67 bits per heavy atom. The van der Waals surface area contributed by atoms with Crippen LogP contribution in [-0.4, -0.2) is 34.5 Å². The first kappa shape index (κ1) is 27.3. The van der Waals surface area contributed by atoms with Crippen molar-refractivity contribution >= 4 is 29.1 Å². The molecule has 6 nitrogen and oxygen atoms in total. The number of anilines is 1. The van der Waals surface area contributed by atoms with E-state index in [-0.39, 0.29) is 46.8 Å². The number of aliphatic hydroxyl groups is 1. The number of nitrogens with one attached hydrogen (secondary N) is 1. The summed E-state index contributed by atoms with van der Waals surface area (Å²) in [7, 11) is 0. The van der Waals surface area contributed by atoms with Crippen molar-refractivity contribution in [3.8, 4) is 0 Å². The number of allylic oxidation sites excluding steroid dienone is 3. The molecule has 0 saturated heterocycles. The molecule has 11 heteroatoms. The van der Waals surface area contributed by atoms with Gasteiger partial charge in [-0.25, -0.2) is 17.6 Å². The average Bonchev–Trinajstić information content (AvgIpc) is 3.13. The second-order valence-corrected chi connectivity index (χ2v) is 10.6. The van der Waals surface area contributed by atoms with Crippen molar-refractivity contribution in [2.24, 2.45) is 11.8 Å². The van der Waals surface area contributed by atoms with E-state index >= 15 is 4.39 Å². The zero-order chi connectivity index (χ0) is 27.9. The van der Waals surface area contributed by atoms with Crippen LogP contribution in [0.1, 0.15) is 60.1 Å². The Balaban J connectivity index is 1.28. The summed E-state index contributed by atoms with van der Waals surface area (Å²) in [5.41, 5.74) is -3.17. The van der Waals surface area contributed by atoms with E-state index in [9.17, 15) is 27.9 Å². The fraction of sp³-hybridized carbons (Fsp3) is 0.393. The van der Waals surface area contributed by atoms with Crippen LogP contribution in [0.3, 0.4) is 0 Å². The van der Waals surface area contributed by atoms with E-state index in [1.54, 1.807) is 6.08 Å². The van der Waals surface area contributed by atoms with Gasteiger partial charge in [0.25, 0.3) is 18.2 Å². The standard InChI is InChI=1S/C28H26ClF4N3O3/c29-16-12-18(23(25(32)33)34-13-16)26(37)35-17-10-8-15(9-11-17)14-36-24-20(5-3-7-22(24)31)28(39,27(36)38)19-4-1-2-6-21(19)30/h1-3,5-7,12-13,15,17,19,25,39H,4,8-11,14H2,(H,35,37). The summed E-state index contributed by atoms with van der Waals surface area (Å²) in [6.07, 6.45) is 4.66. The lowest BCUT2D eigenvalue weighted by atomic mass is 9.78. The zero-order valence-electron chi connectivity index (χ0n) is 20.7. The van der Waals surface area contributed by atoms with Gasteiger partial charge in [-0.1, -0.05) is 35.9 Å². The van der Waals surface area contributed by atoms with Crippen LogP contribution in [0.4, 0.5) is 23.2 Å². The topological polar surface area (TPSA) is 82.5 Å². The monoisotopic (exact) mass is 563 g/mol. The molecule has 2 amide bonds. The molecule has 1 aromatic heterocycles. The number of hydrogen-bond acceptors (Lipinski definition) is 4. The second-order valence-electron chi connectivity index (χ2n) is 10.2. The number of aromatic nitrogens is 1. The normalized spacial score (nSPS) is 26.5. The lowest BCUT2D eigenvalue weighted by Gasteiger charge is -2.34. The molecule has 2 N–H and O–H groups in total. The molecule has 3 aliphatic rings. The third kappa shape index (κ3) is 4.96. The first-order valence-corrected chi connectivity index (χ1v) is 13.1. The number of carbonyl (C=O) groups excluding carboxylic acids is 2. The van der Waals surface area contributed by atoms with Crippen LogP contribution in [-0.2, 0) is 10.4 Å². The maximum absolute atomic E-state index is 15.0. The maximum Gasteiger partial charge on any atom is 0.281 e. The number of nitrogens with zero attached hydrogens (tertiary/aromatic N) is 2. The van der Waals surface area contributed by atoms with Gasteiger partial charge in [0, 0.05) is 24.3 Å². The fourth-order valence-corrected chi connectivity index (χ4v) is 5.98. The van der Waals surface area contributed by atoms with Crippen LogP contribution >= 0.6 is 11.6 Å². The molecule has 1 saturated carbocycles. The number of halogens is 5. The van der Waals surface area contributed by atoms with Gasteiger partial charge in [0.05, 0.1) is 22.2 Å². The third-order valence-corrected chi connectivity index (χ3v) is 8.00. The quantitative estimate of drug-likeness (QED) is 0.438. The molecule has 5 rings (SSSR count). The lowest BCUT2D eigenvalue weighted by molar-refractivity contribution is -0.141. The van der Waals surface area contributed by atoms with Crippen LogP contribution in [0.15, 0.2) is 54.5 Å². The molecule has 2 aliphatic carbocycles. The Hall–Kier alpha value is -3.24. The summed E-state index contributed by atoms with van der Waals surface area (Å²) in [5.74, 6) is -4.05. The Bertz CT molecular complexity index is 1360. The third-order valence-electron chi connectivity index (χ3n) is 7.80. The van der Waals surface area contributed by atoms with Crippen molar-refractivity contribution in [2.75, 3.05) is 11.4 Å². The summed E-state index contributed by atoms with van der Waals surface area (Å²) < 4.78 is 56.4. The van der Waals surface area contributed by atoms with Crippen molar-refractivity contribution in [2.45, 2.75) is 50.2 Å². The molecule has 2 heterocycles. The average molecular weight is 564 g/mol.